The van der Waals surface area contributed by atoms with Gasteiger partial charge in [0.25, 0.3) is 0 Å². The van der Waals surface area contributed by atoms with E-state index in [1.165, 1.54) is 0 Å². The van der Waals surface area contributed by atoms with E-state index < -0.39 is 0 Å². The maximum absolute atomic E-state index is 0. The molecule has 0 aromatic carbocycles. The third-order valence-corrected chi connectivity index (χ3v) is 0. The summed E-state index contributed by atoms with van der Waals surface area (Å²) in [6.45, 7) is 0. The predicted octanol–water partition coefficient (Wildman–Crippen LogP) is -2.26. The molecule has 0 heterocycles. The van der Waals surface area contributed by atoms with Gasteiger partial charge in [-0.25, -0.2) is 0 Å². The molecule has 0 saturated heterocycles. The summed E-state index contributed by atoms with van der Waals surface area (Å²) < 4.78 is 0. The second-order valence-corrected chi connectivity index (χ2v) is 0. The van der Waals surface area contributed by atoms with Crippen LogP contribution in [0.2, 0.25) is 0 Å². The summed E-state index contributed by atoms with van der Waals surface area (Å²) in [6.07, 6.45) is 0. The second-order valence-electron chi connectivity index (χ2n) is 0. The van der Waals surface area contributed by atoms with Gasteiger partial charge in [-0.15, -0.1) is 0 Å². The van der Waals surface area contributed by atoms with Gasteiger partial charge in [-0.3, -0.25) is 0 Å². The van der Waals surface area contributed by atoms with Gasteiger partial charge in [0.15, 0.2) is 0 Å². The Balaban J connectivity index is 0. The molecule has 5 heavy (non-hydrogen) atoms. The van der Waals surface area contributed by atoms with E-state index in [2.05, 4.69) is 0 Å². The van der Waals surface area contributed by atoms with Gasteiger partial charge in [-0.05, 0) is 0 Å². The van der Waals surface area contributed by atoms with Gasteiger partial charge in [-0.2, -0.15) is 13.5 Å². The van der Waals surface area contributed by atoms with Crippen LogP contribution in [0.1, 0.15) is 0 Å². The quantitative estimate of drug-likeness (QED) is 0.406. The molecule has 2 radical (unpaired) electrons. The Kier molecular flexibility index (Phi) is 232. The van der Waals surface area contributed by atoms with Crippen molar-refractivity contribution in [2.45, 2.75) is 0 Å². The number of hydrogen-bond acceptors (Lipinski definition) is 0. The first kappa shape index (κ1) is 42.3. The Morgan fingerprint density at radius 1 is 1.00 bits per heavy atom. The monoisotopic (exact) mass is 394 g/mol. The summed E-state index contributed by atoms with van der Waals surface area (Å²) >= 11 is 0. The molecule has 0 N–H and O–H groups in total. The molecule has 0 aromatic heterocycles. The van der Waals surface area contributed by atoms with Crippen molar-refractivity contribution in [2.24, 2.45) is 0 Å². The van der Waals surface area contributed by atoms with Gasteiger partial charge >= 0.3 is 45.6 Å². The zero-order valence-corrected chi connectivity index (χ0v) is 4.53. The molecule has 0 fully saturated rings. The van der Waals surface area contributed by atoms with Gasteiger partial charge < -0.3 is 0 Å². The van der Waals surface area contributed by atoms with Crippen LogP contribution in [0, 0.1) is 0 Å². The van der Waals surface area contributed by atoms with E-state index in [4.69, 9.17) is 0 Å². The molecule has 0 spiro atoms. The molecule has 0 aromatic rings. The molecule has 0 bridgehead atoms. The van der Waals surface area contributed by atoms with Crippen molar-refractivity contribution in [1.29, 1.82) is 0 Å². The van der Waals surface area contributed by atoms with E-state index in [1.54, 1.807) is 0 Å². The van der Waals surface area contributed by atoms with Crippen LogP contribution in [-0.4, -0.2) is 45.6 Å². The Morgan fingerprint density at radius 3 is 1.00 bits per heavy atom. The van der Waals surface area contributed by atoms with Crippen molar-refractivity contribution >= 4 is 59.1 Å². The number of hydrogen-bond donors (Lipinski definition) is 0. The zero-order valence-electron chi connectivity index (χ0n) is 1.10. The standard InChI is InChI=1S/Ag.Cu.Ga.In.H2S.6H/h;;;;1H2;;;;;;. The summed E-state index contributed by atoms with van der Waals surface area (Å²) in [4.78, 5) is 0. The molecule has 0 unspecified atom stereocenters. The third kappa shape index (κ3) is 19.2. The van der Waals surface area contributed by atoms with Crippen molar-refractivity contribution in [2.75, 3.05) is 0 Å². The summed E-state index contributed by atoms with van der Waals surface area (Å²) in [5.74, 6) is 0. The molecule has 42 valence electrons. The fourth-order valence-electron chi connectivity index (χ4n) is 0. The molecule has 0 rings (SSSR count). The Bertz CT molecular complexity index is 11.6. The maximum atomic E-state index is 0. The Morgan fingerprint density at radius 2 is 1.00 bits per heavy atom. The minimum absolute atomic E-state index is 0. The fraction of sp³-hybridized carbons (Fsp3) is 0. The van der Waals surface area contributed by atoms with Crippen molar-refractivity contribution < 1.29 is 39.4 Å². The zero-order chi connectivity index (χ0) is 0. The summed E-state index contributed by atoms with van der Waals surface area (Å²) in [6, 6.07) is 0. The van der Waals surface area contributed by atoms with Crippen LogP contribution in [0.25, 0.3) is 0 Å². The molecule has 5 heteroatoms. The van der Waals surface area contributed by atoms with Gasteiger partial charge in [-0.1, -0.05) is 0 Å². The van der Waals surface area contributed by atoms with Gasteiger partial charge in [0.2, 0.25) is 0 Å². The van der Waals surface area contributed by atoms with E-state index in [9.17, 15) is 0 Å². The average molecular weight is 396 g/mol. The van der Waals surface area contributed by atoms with Crippen LogP contribution < -0.4 is 0 Å². The molecular formula is H8AgCuGaInS. The Hall–Kier alpha value is 3.12. The molecule has 0 amide bonds. The van der Waals surface area contributed by atoms with Crippen molar-refractivity contribution in [3.63, 3.8) is 0 Å². The van der Waals surface area contributed by atoms with Crippen LogP contribution in [0.15, 0.2) is 0 Å². The third-order valence-electron chi connectivity index (χ3n) is 0. The number of rotatable bonds is 0. The molecule has 0 nitrogen and oxygen atoms in total. The van der Waals surface area contributed by atoms with Crippen molar-refractivity contribution in [1.82, 2.24) is 0 Å². The Labute approximate surface area is 96.9 Å². The second kappa shape index (κ2) is 27.4. The van der Waals surface area contributed by atoms with Crippen LogP contribution in [0.4, 0.5) is 0 Å². The van der Waals surface area contributed by atoms with E-state index in [-0.39, 0.29) is 98.6 Å². The fourth-order valence-corrected chi connectivity index (χ4v) is 0. The predicted molar refractivity (Wildman–Crippen MR) is 30.3 cm³/mol. The first-order chi connectivity index (χ1) is 0. The SMILES string of the molecule is S.[Ag].[Cu].[GaH3].[InH3]. The summed E-state index contributed by atoms with van der Waals surface area (Å²) in [7, 11) is 0. The van der Waals surface area contributed by atoms with E-state index in [0.29, 0.717) is 0 Å². The van der Waals surface area contributed by atoms with Crippen LogP contribution in [0.3, 0.4) is 0 Å². The molecule has 0 aliphatic carbocycles. The van der Waals surface area contributed by atoms with Gasteiger partial charge in [0.1, 0.15) is 0 Å². The normalized spacial score (nSPS) is 0. The minimum atomic E-state index is 0. The van der Waals surface area contributed by atoms with Gasteiger partial charge in [0.05, 0.1) is 0 Å². The van der Waals surface area contributed by atoms with E-state index >= 15 is 0 Å². The first-order valence-corrected chi connectivity index (χ1v) is 0. The molecular weight excluding hydrogens is 388 g/mol. The molecule has 0 aliphatic heterocycles. The van der Waals surface area contributed by atoms with Crippen LogP contribution in [0.5, 0.6) is 0 Å². The summed E-state index contributed by atoms with van der Waals surface area (Å²) in [5, 5.41) is 0. The van der Waals surface area contributed by atoms with Crippen LogP contribution in [-0.2, 0) is 39.4 Å². The molecule has 0 atom stereocenters. The topological polar surface area (TPSA) is 0 Å². The van der Waals surface area contributed by atoms with Crippen LogP contribution >= 0.6 is 13.5 Å². The summed E-state index contributed by atoms with van der Waals surface area (Å²) in [5.41, 5.74) is 0. The average Bonchev–Trinajstić information content (AvgIpc) is 0. The molecule has 0 aliphatic rings. The van der Waals surface area contributed by atoms with Crippen molar-refractivity contribution in [3.05, 3.63) is 0 Å². The van der Waals surface area contributed by atoms with Crippen molar-refractivity contribution in [3.8, 4) is 0 Å². The molecule has 0 saturated carbocycles. The first-order valence-electron chi connectivity index (χ1n) is 0. The van der Waals surface area contributed by atoms with E-state index in [0.717, 1.165) is 0 Å². The van der Waals surface area contributed by atoms with E-state index in [1.807, 2.05) is 0 Å². The van der Waals surface area contributed by atoms with Gasteiger partial charge in [0, 0.05) is 39.4 Å².